The van der Waals surface area contributed by atoms with Gasteiger partial charge in [-0.25, -0.2) is 0 Å². The van der Waals surface area contributed by atoms with Gasteiger partial charge in [0.15, 0.2) is 0 Å². The molecule has 0 amide bonds. The Morgan fingerprint density at radius 1 is 1.23 bits per heavy atom. The average Bonchev–Trinajstić information content (AvgIpc) is 2.51. The van der Waals surface area contributed by atoms with Gasteiger partial charge in [0, 0.05) is 18.0 Å². The highest BCUT2D eigenvalue weighted by atomic mass is 35.5. The Balaban J connectivity index is 1.97. The topological polar surface area (TPSA) is 47.3 Å². The summed E-state index contributed by atoms with van der Waals surface area (Å²) in [5, 5.41) is 4.19. The van der Waals surface area contributed by atoms with Crippen LogP contribution in [0.25, 0.3) is 0 Å². The quantitative estimate of drug-likeness (QED) is 0.844. The minimum Gasteiger partial charge on any atom is -0.491 e. The first-order valence-electron chi connectivity index (χ1n) is 7.55. The van der Waals surface area contributed by atoms with Crippen LogP contribution in [0.4, 0.5) is 0 Å². The minimum atomic E-state index is -0.641. The lowest BCUT2D eigenvalue weighted by Gasteiger charge is -2.40. The molecule has 0 saturated carbocycles. The van der Waals surface area contributed by atoms with Gasteiger partial charge in [-0.3, -0.25) is 5.32 Å². The van der Waals surface area contributed by atoms with Gasteiger partial charge in [0.05, 0.1) is 11.6 Å². The van der Waals surface area contributed by atoms with Gasteiger partial charge in [-0.2, -0.15) is 0 Å². The van der Waals surface area contributed by atoms with Crippen molar-refractivity contribution in [1.29, 1.82) is 0 Å². The van der Waals surface area contributed by atoms with Crippen molar-refractivity contribution < 1.29 is 4.74 Å². The van der Waals surface area contributed by atoms with Crippen LogP contribution >= 0.6 is 11.6 Å². The first-order valence-corrected chi connectivity index (χ1v) is 7.93. The monoisotopic (exact) mass is 316 g/mol. The second-order valence-electron chi connectivity index (χ2n) is 5.91. The zero-order valence-corrected chi connectivity index (χ0v) is 13.7. The fraction of sp³-hybridized carbons (Fsp3) is 0.333. The first kappa shape index (κ1) is 15.3. The molecule has 2 aromatic rings. The van der Waals surface area contributed by atoms with E-state index >= 15 is 0 Å². The van der Waals surface area contributed by atoms with Crippen LogP contribution in [-0.4, -0.2) is 6.61 Å². The summed E-state index contributed by atoms with van der Waals surface area (Å²) in [7, 11) is 0. The normalized spacial score (nSPS) is 21.8. The van der Waals surface area contributed by atoms with E-state index in [0.717, 1.165) is 11.1 Å². The average molecular weight is 317 g/mol. The fourth-order valence-corrected chi connectivity index (χ4v) is 3.36. The summed E-state index contributed by atoms with van der Waals surface area (Å²) in [6.45, 7) is 4.72. The lowest BCUT2D eigenvalue weighted by Crippen LogP contribution is -2.54. The molecule has 2 aromatic carbocycles. The minimum absolute atomic E-state index is 0.135. The maximum atomic E-state index is 6.73. The van der Waals surface area contributed by atoms with E-state index in [0.29, 0.717) is 23.8 Å². The molecule has 0 fully saturated rings. The van der Waals surface area contributed by atoms with E-state index in [4.69, 9.17) is 22.1 Å². The molecule has 116 valence electrons. The summed E-state index contributed by atoms with van der Waals surface area (Å²) in [5.41, 5.74) is 9.35. The van der Waals surface area contributed by atoms with Gasteiger partial charge in [0.1, 0.15) is 11.4 Å². The molecule has 0 saturated heterocycles. The van der Waals surface area contributed by atoms with Crippen LogP contribution in [0.2, 0.25) is 5.02 Å². The summed E-state index contributed by atoms with van der Waals surface area (Å²) in [5.74, 6) is 0.711. The third-order valence-corrected chi connectivity index (χ3v) is 4.58. The Hall–Kier alpha value is -1.55. The van der Waals surface area contributed by atoms with E-state index in [1.54, 1.807) is 0 Å². The molecule has 3 N–H and O–H groups in total. The van der Waals surface area contributed by atoms with Gasteiger partial charge < -0.3 is 10.5 Å². The Morgan fingerprint density at radius 2 is 1.95 bits per heavy atom. The Labute approximate surface area is 136 Å². The zero-order chi connectivity index (χ0) is 15.7. The van der Waals surface area contributed by atoms with E-state index in [2.05, 4.69) is 24.4 Å². The number of nitrogens with one attached hydrogen (secondary N) is 1. The second-order valence-corrected chi connectivity index (χ2v) is 6.32. The number of fused-ring (bicyclic) bond motifs is 1. The molecule has 1 aliphatic rings. The molecule has 0 radical (unpaired) electrons. The number of nitrogens with two attached hydrogens (primary N) is 1. The van der Waals surface area contributed by atoms with E-state index in [-0.39, 0.29) is 6.04 Å². The van der Waals surface area contributed by atoms with E-state index in [9.17, 15) is 0 Å². The third-order valence-electron chi connectivity index (χ3n) is 4.28. The molecule has 1 aliphatic heterocycles. The molecule has 0 aromatic heterocycles. The molecule has 2 atom stereocenters. The van der Waals surface area contributed by atoms with Crippen molar-refractivity contribution >= 4 is 11.6 Å². The molecule has 1 heterocycles. The molecular formula is C18H21ClN2O. The molecule has 3 rings (SSSR count). The highest BCUT2D eigenvalue weighted by Gasteiger charge is 2.37. The van der Waals surface area contributed by atoms with Crippen LogP contribution < -0.4 is 15.8 Å². The molecule has 0 spiro atoms. The molecule has 0 aliphatic carbocycles. The largest absolute Gasteiger partial charge is 0.491 e. The van der Waals surface area contributed by atoms with Crippen molar-refractivity contribution in [2.24, 2.45) is 5.73 Å². The molecule has 4 heteroatoms. The van der Waals surface area contributed by atoms with Gasteiger partial charge in [0.2, 0.25) is 0 Å². The fourth-order valence-electron chi connectivity index (χ4n) is 3.15. The van der Waals surface area contributed by atoms with Crippen molar-refractivity contribution in [3.05, 3.63) is 64.2 Å². The van der Waals surface area contributed by atoms with Crippen molar-refractivity contribution in [2.45, 2.75) is 32.0 Å². The Kier molecular flexibility index (Phi) is 4.13. The molecular weight excluding hydrogens is 296 g/mol. The van der Waals surface area contributed by atoms with Crippen LogP contribution in [-0.2, 0) is 5.66 Å². The van der Waals surface area contributed by atoms with Crippen LogP contribution in [0.3, 0.4) is 0 Å². The molecule has 3 nitrogen and oxygen atoms in total. The maximum Gasteiger partial charge on any atom is 0.144 e. The van der Waals surface area contributed by atoms with Crippen LogP contribution in [0.15, 0.2) is 42.5 Å². The highest BCUT2D eigenvalue weighted by Crippen LogP contribution is 2.41. The SMILES string of the molecule is Cc1ccc(Cl)c2c1[C@@](N)(N[C@@H](C)c1ccccc1)CCO2. The lowest BCUT2D eigenvalue weighted by molar-refractivity contribution is 0.176. The van der Waals surface area contributed by atoms with Crippen LogP contribution in [0.5, 0.6) is 5.75 Å². The molecule has 22 heavy (non-hydrogen) atoms. The van der Waals surface area contributed by atoms with Crippen LogP contribution in [0, 0.1) is 6.92 Å². The molecule has 0 unspecified atom stereocenters. The number of aryl methyl sites for hydroxylation is 1. The zero-order valence-electron chi connectivity index (χ0n) is 12.9. The Morgan fingerprint density at radius 3 is 2.68 bits per heavy atom. The van der Waals surface area contributed by atoms with Gasteiger partial charge in [-0.15, -0.1) is 0 Å². The molecule has 0 bridgehead atoms. The summed E-state index contributed by atoms with van der Waals surface area (Å²) in [6, 6.07) is 14.3. The number of hydrogen-bond donors (Lipinski definition) is 2. The predicted molar refractivity (Wildman–Crippen MR) is 90.2 cm³/mol. The van der Waals surface area contributed by atoms with Crippen molar-refractivity contribution in [2.75, 3.05) is 6.61 Å². The second kappa shape index (κ2) is 5.92. The van der Waals surface area contributed by atoms with Gasteiger partial charge in [-0.05, 0) is 31.0 Å². The number of ether oxygens (including phenoxy) is 1. The van der Waals surface area contributed by atoms with Crippen molar-refractivity contribution in [1.82, 2.24) is 5.32 Å². The summed E-state index contributed by atoms with van der Waals surface area (Å²) < 4.78 is 5.77. The Bertz CT molecular complexity index is 674. The van der Waals surface area contributed by atoms with E-state index < -0.39 is 5.66 Å². The standard InChI is InChI=1S/C18H21ClN2O/c1-12-8-9-15(19)17-16(12)18(20,10-11-22-17)21-13(2)14-6-4-3-5-7-14/h3-9,13,21H,10-11,20H2,1-2H3/t13-,18-/m0/s1. The van der Waals surface area contributed by atoms with Gasteiger partial charge in [0.25, 0.3) is 0 Å². The summed E-state index contributed by atoms with van der Waals surface area (Å²) >= 11 is 6.29. The number of benzene rings is 2. The number of rotatable bonds is 3. The van der Waals surface area contributed by atoms with Gasteiger partial charge >= 0.3 is 0 Å². The highest BCUT2D eigenvalue weighted by molar-refractivity contribution is 6.32. The summed E-state index contributed by atoms with van der Waals surface area (Å²) in [6.07, 6.45) is 0.707. The van der Waals surface area contributed by atoms with Crippen molar-refractivity contribution in [3.63, 3.8) is 0 Å². The number of hydrogen-bond acceptors (Lipinski definition) is 3. The predicted octanol–water partition coefficient (Wildman–Crippen LogP) is 3.89. The van der Waals surface area contributed by atoms with Crippen molar-refractivity contribution in [3.8, 4) is 5.75 Å². The summed E-state index contributed by atoms with van der Waals surface area (Å²) in [4.78, 5) is 0. The van der Waals surface area contributed by atoms with Crippen LogP contribution in [0.1, 0.15) is 36.1 Å². The smallest absolute Gasteiger partial charge is 0.144 e. The lowest BCUT2D eigenvalue weighted by atomic mass is 9.88. The van der Waals surface area contributed by atoms with E-state index in [1.165, 1.54) is 5.56 Å². The van der Waals surface area contributed by atoms with E-state index in [1.807, 2.05) is 37.3 Å². The first-order chi connectivity index (χ1) is 10.5. The number of halogens is 1. The van der Waals surface area contributed by atoms with Gasteiger partial charge in [-0.1, -0.05) is 48.0 Å². The third kappa shape index (κ3) is 2.72. The maximum absolute atomic E-state index is 6.73.